The second-order valence-electron chi connectivity index (χ2n) is 7.00. The molecular weight excluding hydrogens is 278 g/mol. The van der Waals surface area contributed by atoms with Crippen LogP contribution in [0.5, 0.6) is 0 Å². The summed E-state index contributed by atoms with van der Waals surface area (Å²) < 4.78 is 0. The third-order valence-corrected chi connectivity index (χ3v) is 5.87. The maximum Gasteiger partial charge on any atom is 0.0798 e. The summed E-state index contributed by atoms with van der Waals surface area (Å²) in [6.07, 6.45) is 5.51. The molecule has 1 aromatic rings. The van der Waals surface area contributed by atoms with Gasteiger partial charge in [-0.3, -0.25) is 0 Å². The molecule has 0 bridgehead atoms. The molecule has 0 aliphatic heterocycles. The Morgan fingerprint density at radius 3 is 2.71 bits per heavy atom. The molecule has 1 fully saturated rings. The van der Waals surface area contributed by atoms with Crippen molar-refractivity contribution in [2.45, 2.75) is 53.0 Å². The van der Waals surface area contributed by atoms with Gasteiger partial charge in [0.15, 0.2) is 0 Å². The van der Waals surface area contributed by atoms with E-state index in [1.807, 2.05) is 5.51 Å². The van der Waals surface area contributed by atoms with Gasteiger partial charge in [-0.15, -0.1) is 11.3 Å². The van der Waals surface area contributed by atoms with E-state index in [9.17, 15) is 0 Å². The van der Waals surface area contributed by atoms with Crippen LogP contribution in [0.2, 0.25) is 0 Å². The predicted octanol–water partition coefficient (Wildman–Crippen LogP) is 3.69. The molecule has 21 heavy (non-hydrogen) atoms. The number of hydrogen-bond acceptors (Lipinski definition) is 4. The minimum absolute atomic E-state index is 0.468. The van der Waals surface area contributed by atoms with Crippen molar-refractivity contribution in [1.29, 1.82) is 0 Å². The van der Waals surface area contributed by atoms with Gasteiger partial charge < -0.3 is 10.2 Å². The second-order valence-corrected chi connectivity index (χ2v) is 7.94. The first kappa shape index (κ1) is 16.9. The lowest BCUT2D eigenvalue weighted by molar-refractivity contribution is 0.0967. The van der Waals surface area contributed by atoms with Crippen LogP contribution in [0.3, 0.4) is 0 Å². The van der Waals surface area contributed by atoms with E-state index in [4.69, 9.17) is 0 Å². The molecule has 1 aliphatic rings. The number of rotatable bonds is 7. The van der Waals surface area contributed by atoms with E-state index in [2.05, 4.69) is 43.0 Å². The fourth-order valence-electron chi connectivity index (χ4n) is 3.51. The molecule has 1 saturated carbocycles. The monoisotopic (exact) mass is 309 g/mol. The molecule has 0 atom stereocenters. The quantitative estimate of drug-likeness (QED) is 0.832. The largest absolute Gasteiger partial charge is 0.316 e. The SMILES string of the molecule is CCNCC1(CN(C)Cc2scnc2C)CCC(C)CC1. The van der Waals surface area contributed by atoms with Crippen LogP contribution >= 0.6 is 11.3 Å². The van der Waals surface area contributed by atoms with Crippen LogP contribution in [0, 0.1) is 18.3 Å². The first-order valence-corrected chi connectivity index (χ1v) is 9.21. The van der Waals surface area contributed by atoms with Gasteiger partial charge >= 0.3 is 0 Å². The normalized spacial score (nSPS) is 26.4. The summed E-state index contributed by atoms with van der Waals surface area (Å²) in [5.74, 6) is 0.911. The molecule has 0 amide bonds. The highest BCUT2D eigenvalue weighted by atomic mass is 32.1. The Morgan fingerprint density at radius 2 is 2.14 bits per heavy atom. The Balaban J connectivity index is 1.95. The van der Waals surface area contributed by atoms with Crippen LogP contribution in [0.25, 0.3) is 0 Å². The molecule has 120 valence electrons. The highest BCUT2D eigenvalue weighted by Gasteiger charge is 2.34. The lowest BCUT2D eigenvalue weighted by Crippen LogP contribution is -2.45. The van der Waals surface area contributed by atoms with Crippen molar-refractivity contribution in [3.05, 3.63) is 16.1 Å². The van der Waals surface area contributed by atoms with Gasteiger partial charge in [0.25, 0.3) is 0 Å². The molecule has 0 saturated heterocycles. The van der Waals surface area contributed by atoms with Crippen molar-refractivity contribution in [2.24, 2.45) is 11.3 Å². The first-order valence-electron chi connectivity index (χ1n) is 8.33. The average molecular weight is 310 g/mol. The van der Waals surface area contributed by atoms with Crippen molar-refractivity contribution < 1.29 is 0 Å². The van der Waals surface area contributed by atoms with Crippen LogP contribution in [0.15, 0.2) is 5.51 Å². The van der Waals surface area contributed by atoms with E-state index in [0.29, 0.717) is 5.41 Å². The molecule has 2 rings (SSSR count). The number of thiazole rings is 1. The van der Waals surface area contributed by atoms with E-state index in [1.54, 1.807) is 11.3 Å². The molecular formula is C17H31N3S. The van der Waals surface area contributed by atoms with Crippen LogP contribution in [0.1, 0.15) is 50.1 Å². The highest BCUT2D eigenvalue weighted by molar-refractivity contribution is 7.09. The molecule has 3 nitrogen and oxygen atoms in total. The van der Waals surface area contributed by atoms with Gasteiger partial charge in [-0.2, -0.15) is 0 Å². The second kappa shape index (κ2) is 7.70. The Bertz CT molecular complexity index is 416. The van der Waals surface area contributed by atoms with Gasteiger partial charge in [0.05, 0.1) is 11.2 Å². The standard InChI is InChI=1S/C17H31N3S/c1-5-18-11-17(8-6-14(2)7-9-17)12-20(4)10-16-15(3)19-13-21-16/h13-14,18H,5-12H2,1-4H3. The van der Waals surface area contributed by atoms with Gasteiger partial charge in [-0.05, 0) is 44.7 Å². The summed E-state index contributed by atoms with van der Waals surface area (Å²) in [4.78, 5) is 8.30. The summed E-state index contributed by atoms with van der Waals surface area (Å²) in [5.41, 5.74) is 3.63. The van der Waals surface area contributed by atoms with Gasteiger partial charge in [-0.1, -0.05) is 26.7 Å². The lowest BCUT2D eigenvalue weighted by Gasteiger charge is -2.42. The highest BCUT2D eigenvalue weighted by Crippen LogP contribution is 2.39. The fraction of sp³-hybridized carbons (Fsp3) is 0.824. The van der Waals surface area contributed by atoms with Crippen molar-refractivity contribution in [3.63, 3.8) is 0 Å². The maximum atomic E-state index is 4.37. The molecule has 0 aromatic carbocycles. The van der Waals surface area contributed by atoms with Crippen LogP contribution in [0.4, 0.5) is 0 Å². The van der Waals surface area contributed by atoms with E-state index in [0.717, 1.165) is 19.0 Å². The van der Waals surface area contributed by atoms with Crippen molar-refractivity contribution >= 4 is 11.3 Å². The van der Waals surface area contributed by atoms with Gasteiger partial charge in [-0.25, -0.2) is 4.98 Å². The Hall–Kier alpha value is -0.450. The van der Waals surface area contributed by atoms with Crippen molar-refractivity contribution in [3.8, 4) is 0 Å². The van der Waals surface area contributed by atoms with E-state index in [-0.39, 0.29) is 0 Å². The van der Waals surface area contributed by atoms with E-state index < -0.39 is 0 Å². The summed E-state index contributed by atoms with van der Waals surface area (Å²) in [6, 6.07) is 0. The van der Waals surface area contributed by atoms with Gasteiger partial charge in [0, 0.05) is 24.5 Å². The zero-order valence-electron chi connectivity index (χ0n) is 14.1. The molecule has 4 heteroatoms. The van der Waals surface area contributed by atoms with Crippen molar-refractivity contribution in [1.82, 2.24) is 15.2 Å². The molecule has 0 unspecified atom stereocenters. The fourth-order valence-corrected chi connectivity index (χ4v) is 4.36. The van der Waals surface area contributed by atoms with E-state index >= 15 is 0 Å². The Kier molecular flexibility index (Phi) is 6.20. The smallest absolute Gasteiger partial charge is 0.0798 e. The molecule has 1 aromatic heterocycles. The number of hydrogen-bond donors (Lipinski definition) is 1. The van der Waals surface area contributed by atoms with Gasteiger partial charge in [0.1, 0.15) is 0 Å². The summed E-state index contributed by atoms with van der Waals surface area (Å²) in [7, 11) is 2.27. The van der Waals surface area contributed by atoms with Crippen LogP contribution in [-0.2, 0) is 6.54 Å². The minimum atomic E-state index is 0.468. The number of nitrogens with zero attached hydrogens (tertiary/aromatic N) is 2. The summed E-state index contributed by atoms with van der Waals surface area (Å²) in [6.45, 7) is 11.2. The lowest BCUT2D eigenvalue weighted by atomic mass is 9.70. The predicted molar refractivity (Wildman–Crippen MR) is 91.8 cm³/mol. The molecule has 1 N–H and O–H groups in total. The minimum Gasteiger partial charge on any atom is -0.316 e. The van der Waals surface area contributed by atoms with E-state index in [1.165, 1.54) is 49.3 Å². The third-order valence-electron chi connectivity index (χ3n) is 4.95. The number of aromatic nitrogens is 1. The molecule has 1 aliphatic carbocycles. The summed E-state index contributed by atoms with van der Waals surface area (Å²) in [5, 5.41) is 3.61. The zero-order chi connectivity index (χ0) is 15.3. The van der Waals surface area contributed by atoms with Crippen molar-refractivity contribution in [2.75, 3.05) is 26.7 Å². The summed E-state index contributed by atoms with van der Waals surface area (Å²) >= 11 is 1.79. The first-order chi connectivity index (χ1) is 10.0. The Labute approximate surface area is 134 Å². The third kappa shape index (κ3) is 4.76. The molecule has 0 spiro atoms. The van der Waals surface area contributed by atoms with Crippen LogP contribution < -0.4 is 5.32 Å². The molecule has 1 heterocycles. The van der Waals surface area contributed by atoms with Crippen LogP contribution in [-0.4, -0.2) is 36.6 Å². The zero-order valence-corrected chi connectivity index (χ0v) is 14.9. The molecule has 0 radical (unpaired) electrons. The van der Waals surface area contributed by atoms with Gasteiger partial charge in [0.2, 0.25) is 0 Å². The number of aryl methyl sites for hydroxylation is 1. The average Bonchev–Trinajstić information content (AvgIpc) is 2.85. The Morgan fingerprint density at radius 1 is 1.43 bits per heavy atom. The topological polar surface area (TPSA) is 28.2 Å². The maximum absolute atomic E-state index is 4.37. The number of nitrogens with one attached hydrogen (secondary N) is 1.